The standard InChI is InChI=1S/C12H19NO/c1-5-9-13(4)14-12-10(2)7-6-8-11(12)3/h6-8H,5,9H2,1-4H3. The zero-order chi connectivity index (χ0) is 10.6. The molecule has 2 heteroatoms. The van der Waals surface area contributed by atoms with Gasteiger partial charge in [0.05, 0.1) is 0 Å². The fourth-order valence-corrected chi connectivity index (χ4v) is 1.46. The first kappa shape index (κ1) is 11.1. The quantitative estimate of drug-likeness (QED) is 0.682. The smallest absolute Gasteiger partial charge is 0.153 e. The van der Waals surface area contributed by atoms with Crippen molar-refractivity contribution in [2.75, 3.05) is 13.6 Å². The second kappa shape index (κ2) is 5.01. The summed E-state index contributed by atoms with van der Waals surface area (Å²) in [5, 5.41) is 1.88. The lowest BCUT2D eigenvalue weighted by Gasteiger charge is -2.19. The van der Waals surface area contributed by atoms with Crippen LogP contribution in [0.5, 0.6) is 5.75 Å². The second-order valence-electron chi connectivity index (χ2n) is 3.66. The topological polar surface area (TPSA) is 12.5 Å². The van der Waals surface area contributed by atoms with Gasteiger partial charge < -0.3 is 4.84 Å². The third kappa shape index (κ3) is 2.74. The van der Waals surface area contributed by atoms with E-state index in [-0.39, 0.29) is 0 Å². The molecule has 0 amide bonds. The Kier molecular flexibility index (Phi) is 3.96. The van der Waals surface area contributed by atoms with Gasteiger partial charge in [-0.15, -0.1) is 5.06 Å². The van der Waals surface area contributed by atoms with Crippen LogP contribution >= 0.6 is 0 Å². The molecule has 0 heterocycles. The summed E-state index contributed by atoms with van der Waals surface area (Å²) in [4.78, 5) is 5.75. The van der Waals surface area contributed by atoms with E-state index in [0.717, 1.165) is 18.7 Å². The van der Waals surface area contributed by atoms with Crippen molar-refractivity contribution in [1.29, 1.82) is 0 Å². The van der Waals surface area contributed by atoms with Gasteiger partial charge in [-0.05, 0) is 31.4 Å². The Bertz CT molecular complexity index is 276. The molecule has 14 heavy (non-hydrogen) atoms. The van der Waals surface area contributed by atoms with Crippen LogP contribution in [-0.4, -0.2) is 18.7 Å². The van der Waals surface area contributed by atoms with Gasteiger partial charge in [0.1, 0.15) is 0 Å². The zero-order valence-electron chi connectivity index (χ0n) is 9.50. The van der Waals surface area contributed by atoms with Crippen LogP contribution in [0.1, 0.15) is 24.5 Å². The Labute approximate surface area is 86.4 Å². The van der Waals surface area contributed by atoms with Gasteiger partial charge in [-0.2, -0.15) is 0 Å². The van der Waals surface area contributed by atoms with Crippen molar-refractivity contribution in [3.63, 3.8) is 0 Å². The van der Waals surface area contributed by atoms with Crippen LogP contribution in [0.25, 0.3) is 0 Å². The van der Waals surface area contributed by atoms with Crippen LogP contribution in [0, 0.1) is 13.8 Å². The molecule has 2 nitrogen and oxygen atoms in total. The van der Waals surface area contributed by atoms with Crippen LogP contribution in [-0.2, 0) is 0 Å². The van der Waals surface area contributed by atoms with E-state index in [9.17, 15) is 0 Å². The predicted octanol–water partition coefficient (Wildman–Crippen LogP) is 2.94. The Hall–Kier alpha value is -1.02. The van der Waals surface area contributed by atoms with E-state index < -0.39 is 0 Å². The summed E-state index contributed by atoms with van der Waals surface area (Å²) in [5.41, 5.74) is 2.38. The molecule has 0 bridgehead atoms. The fraction of sp³-hybridized carbons (Fsp3) is 0.500. The monoisotopic (exact) mass is 193 g/mol. The molecule has 0 aliphatic carbocycles. The molecule has 0 unspecified atom stereocenters. The lowest BCUT2D eigenvalue weighted by molar-refractivity contribution is -0.0325. The molecule has 0 aliphatic heterocycles. The van der Waals surface area contributed by atoms with E-state index in [1.807, 2.05) is 12.1 Å². The van der Waals surface area contributed by atoms with Crippen molar-refractivity contribution in [2.24, 2.45) is 0 Å². The molecule has 0 radical (unpaired) electrons. The first-order valence-corrected chi connectivity index (χ1v) is 5.10. The van der Waals surface area contributed by atoms with Crippen molar-refractivity contribution < 1.29 is 4.84 Å². The number of benzene rings is 1. The Morgan fingerprint density at radius 3 is 2.29 bits per heavy atom. The molecule has 1 aromatic rings. The number of rotatable bonds is 4. The van der Waals surface area contributed by atoms with Crippen LogP contribution in [0.2, 0.25) is 0 Å². The van der Waals surface area contributed by atoms with Gasteiger partial charge >= 0.3 is 0 Å². The van der Waals surface area contributed by atoms with Crippen molar-refractivity contribution in [3.05, 3.63) is 29.3 Å². The first-order chi connectivity index (χ1) is 6.65. The minimum Gasteiger partial charge on any atom is -0.406 e. The number of nitrogens with zero attached hydrogens (tertiary/aromatic N) is 1. The summed E-state index contributed by atoms with van der Waals surface area (Å²) >= 11 is 0. The summed E-state index contributed by atoms with van der Waals surface area (Å²) in [6, 6.07) is 6.20. The zero-order valence-corrected chi connectivity index (χ0v) is 9.50. The molecular weight excluding hydrogens is 174 g/mol. The minimum absolute atomic E-state index is 0.952. The van der Waals surface area contributed by atoms with E-state index in [1.54, 1.807) is 0 Å². The molecule has 1 aromatic carbocycles. The highest BCUT2D eigenvalue weighted by Crippen LogP contribution is 2.22. The highest BCUT2D eigenvalue weighted by Gasteiger charge is 2.05. The molecule has 0 aromatic heterocycles. The maximum atomic E-state index is 5.75. The average molecular weight is 193 g/mol. The van der Waals surface area contributed by atoms with Gasteiger partial charge in [0.2, 0.25) is 0 Å². The maximum Gasteiger partial charge on any atom is 0.153 e. The van der Waals surface area contributed by atoms with Gasteiger partial charge in [0, 0.05) is 13.6 Å². The van der Waals surface area contributed by atoms with Crippen LogP contribution in [0.15, 0.2) is 18.2 Å². The van der Waals surface area contributed by atoms with Gasteiger partial charge in [0.25, 0.3) is 0 Å². The second-order valence-corrected chi connectivity index (χ2v) is 3.66. The average Bonchev–Trinajstić information content (AvgIpc) is 2.12. The molecule has 78 valence electrons. The molecule has 0 aliphatic rings. The van der Waals surface area contributed by atoms with Gasteiger partial charge in [-0.25, -0.2) is 0 Å². The molecule has 0 saturated carbocycles. The Morgan fingerprint density at radius 2 is 1.79 bits per heavy atom. The third-order valence-corrected chi connectivity index (χ3v) is 2.19. The van der Waals surface area contributed by atoms with E-state index in [4.69, 9.17) is 4.84 Å². The largest absolute Gasteiger partial charge is 0.406 e. The molecule has 0 atom stereocenters. The third-order valence-electron chi connectivity index (χ3n) is 2.19. The lowest BCUT2D eigenvalue weighted by Crippen LogP contribution is -2.24. The number of para-hydroxylation sites is 1. The normalized spacial score (nSPS) is 10.6. The minimum atomic E-state index is 0.952. The SMILES string of the molecule is CCCN(C)Oc1c(C)cccc1C. The van der Waals surface area contributed by atoms with Crippen molar-refractivity contribution in [1.82, 2.24) is 5.06 Å². The van der Waals surface area contributed by atoms with Gasteiger partial charge in [-0.3, -0.25) is 0 Å². The van der Waals surface area contributed by atoms with Crippen molar-refractivity contribution in [2.45, 2.75) is 27.2 Å². The lowest BCUT2D eigenvalue weighted by atomic mass is 10.1. The number of hydroxylamine groups is 2. The predicted molar refractivity (Wildman–Crippen MR) is 59.5 cm³/mol. The molecule has 0 N–H and O–H groups in total. The van der Waals surface area contributed by atoms with Crippen LogP contribution in [0.4, 0.5) is 0 Å². The van der Waals surface area contributed by atoms with E-state index in [1.165, 1.54) is 11.1 Å². The van der Waals surface area contributed by atoms with E-state index >= 15 is 0 Å². The van der Waals surface area contributed by atoms with E-state index in [2.05, 4.69) is 39.0 Å². The first-order valence-electron chi connectivity index (χ1n) is 5.10. The summed E-state index contributed by atoms with van der Waals surface area (Å²) in [7, 11) is 1.97. The van der Waals surface area contributed by atoms with Crippen molar-refractivity contribution >= 4 is 0 Å². The Morgan fingerprint density at radius 1 is 1.21 bits per heavy atom. The van der Waals surface area contributed by atoms with Crippen molar-refractivity contribution in [3.8, 4) is 5.75 Å². The molecule has 0 saturated heterocycles. The highest BCUT2D eigenvalue weighted by molar-refractivity contribution is 5.39. The molecule has 0 fully saturated rings. The number of aryl methyl sites for hydroxylation is 2. The highest BCUT2D eigenvalue weighted by atomic mass is 16.7. The van der Waals surface area contributed by atoms with Gasteiger partial charge in [-0.1, -0.05) is 25.1 Å². The Balaban J connectivity index is 2.75. The summed E-state index contributed by atoms with van der Waals surface area (Å²) in [6.45, 7) is 7.24. The van der Waals surface area contributed by atoms with Crippen LogP contribution < -0.4 is 4.84 Å². The summed E-state index contributed by atoms with van der Waals surface area (Å²) < 4.78 is 0. The molecule has 0 spiro atoms. The number of hydrogen-bond acceptors (Lipinski definition) is 2. The summed E-state index contributed by atoms with van der Waals surface area (Å²) in [6.07, 6.45) is 1.10. The molecule has 1 rings (SSSR count). The summed E-state index contributed by atoms with van der Waals surface area (Å²) in [5.74, 6) is 0.989. The maximum absolute atomic E-state index is 5.75. The molecular formula is C12H19NO. The van der Waals surface area contributed by atoms with E-state index in [0.29, 0.717) is 0 Å². The fourth-order valence-electron chi connectivity index (χ4n) is 1.46. The number of hydrogen-bond donors (Lipinski definition) is 0. The van der Waals surface area contributed by atoms with Crippen LogP contribution in [0.3, 0.4) is 0 Å². The van der Waals surface area contributed by atoms with Gasteiger partial charge in [0.15, 0.2) is 5.75 Å².